The van der Waals surface area contributed by atoms with Crippen LogP contribution in [-0.2, 0) is 21.7 Å². The van der Waals surface area contributed by atoms with E-state index in [1.54, 1.807) is 6.92 Å². The van der Waals surface area contributed by atoms with Crippen LogP contribution in [0, 0.1) is 0 Å². The molecule has 0 aliphatic carbocycles. The van der Waals surface area contributed by atoms with E-state index < -0.39 is 27.6 Å². The number of benzene rings is 1. The van der Waals surface area contributed by atoms with E-state index in [-0.39, 0.29) is 6.42 Å². The van der Waals surface area contributed by atoms with E-state index in [4.69, 9.17) is 5.11 Å². The maximum absolute atomic E-state index is 12.3. The minimum absolute atomic E-state index is 0.148. The fraction of sp³-hybridized carbons (Fsp3) is 0.500. The summed E-state index contributed by atoms with van der Waals surface area (Å²) in [7, 11) is 0. The molecule has 2 atom stereocenters. The summed E-state index contributed by atoms with van der Waals surface area (Å²) < 4.78 is 15.7. The smallest absolute Gasteiger partial charge is 0.305 e. The molecular formula is C14H20BrNO3S. The number of aliphatic carboxylic acids is 1. The van der Waals surface area contributed by atoms with Crippen molar-refractivity contribution >= 4 is 33.3 Å². The van der Waals surface area contributed by atoms with Crippen LogP contribution in [0.4, 0.5) is 0 Å². The SMILES string of the molecule is CC(CC(=O)O)(N[S@+]([O-])C(C)(C)C)c1cccc(Br)c1. The van der Waals surface area contributed by atoms with E-state index in [0.29, 0.717) is 0 Å². The molecule has 1 rings (SSSR count). The first-order valence-corrected chi connectivity index (χ1v) is 8.16. The maximum Gasteiger partial charge on any atom is 0.305 e. The summed E-state index contributed by atoms with van der Waals surface area (Å²) in [6, 6.07) is 7.38. The Labute approximate surface area is 131 Å². The summed E-state index contributed by atoms with van der Waals surface area (Å²) >= 11 is 2.02. The van der Waals surface area contributed by atoms with Crippen molar-refractivity contribution in [1.82, 2.24) is 4.72 Å². The van der Waals surface area contributed by atoms with Gasteiger partial charge in [0.05, 0.1) is 12.0 Å². The highest BCUT2D eigenvalue weighted by molar-refractivity contribution is 9.10. The molecule has 4 nitrogen and oxygen atoms in total. The second kappa shape index (κ2) is 6.47. The fourth-order valence-corrected chi connectivity index (χ4v) is 2.99. The Balaban J connectivity index is 3.13. The van der Waals surface area contributed by atoms with Crippen LogP contribution >= 0.6 is 15.9 Å². The topological polar surface area (TPSA) is 72.4 Å². The Morgan fingerprint density at radius 2 is 2.00 bits per heavy atom. The van der Waals surface area contributed by atoms with Gasteiger partial charge in [-0.2, -0.15) is 0 Å². The van der Waals surface area contributed by atoms with E-state index in [1.165, 1.54) is 0 Å². The molecule has 0 aliphatic rings. The predicted octanol–water partition coefficient (Wildman–Crippen LogP) is 3.19. The highest BCUT2D eigenvalue weighted by Crippen LogP contribution is 2.30. The third-order valence-corrected chi connectivity index (χ3v) is 5.08. The van der Waals surface area contributed by atoms with Crippen molar-refractivity contribution in [2.75, 3.05) is 0 Å². The summed E-state index contributed by atoms with van der Waals surface area (Å²) in [5.74, 6) is -0.939. The molecule has 2 N–H and O–H groups in total. The highest BCUT2D eigenvalue weighted by atomic mass is 79.9. The normalized spacial score (nSPS) is 16.5. The number of carboxylic acids is 1. The number of hydrogen-bond acceptors (Lipinski definition) is 3. The lowest BCUT2D eigenvalue weighted by Crippen LogP contribution is -2.50. The van der Waals surface area contributed by atoms with Gasteiger partial charge in [0.25, 0.3) is 0 Å². The second-order valence-electron chi connectivity index (χ2n) is 5.90. The second-order valence-corrected chi connectivity index (χ2v) is 8.78. The molecule has 0 fully saturated rings. The van der Waals surface area contributed by atoms with Gasteiger partial charge in [-0.1, -0.05) is 28.1 Å². The van der Waals surface area contributed by atoms with Gasteiger partial charge in [-0.25, -0.2) is 0 Å². The van der Waals surface area contributed by atoms with Crippen LogP contribution < -0.4 is 4.72 Å². The zero-order chi connectivity index (χ0) is 15.6. The first-order chi connectivity index (χ1) is 9.04. The predicted molar refractivity (Wildman–Crippen MR) is 84.8 cm³/mol. The van der Waals surface area contributed by atoms with Crippen LogP contribution in [0.1, 0.15) is 39.7 Å². The average Bonchev–Trinajstić information content (AvgIpc) is 2.26. The van der Waals surface area contributed by atoms with Gasteiger partial charge in [-0.15, -0.1) is 4.72 Å². The molecule has 0 aromatic heterocycles. The van der Waals surface area contributed by atoms with E-state index in [0.717, 1.165) is 10.0 Å². The zero-order valence-corrected chi connectivity index (χ0v) is 14.5. The molecule has 112 valence electrons. The number of halogens is 1. The summed E-state index contributed by atoms with van der Waals surface area (Å²) in [5.41, 5.74) is -0.111. The quantitative estimate of drug-likeness (QED) is 0.789. The van der Waals surface area contributed by atoms with Gasteiger partial charge in [0.2, 0.25) is 0 Å². The van der Waals surface area contributed by atoms with Crippen molar-refractivity contribution in [3.8, 4) is 0 Å². The van der Waals surface area contributed by atoms with Crippen molar-refractivity contribution < 1.29 is 14.5 Å². The minimum Gasteiger partial charge on any atom is -0.598 e. The van der Waals surface area contributed by atoms with Crippen LogP contribution in [0.15, 0.2) is 28.7 Å². The third-order valence-electron chi connectivity index (χ3n) is 2.84. The van der Waals surface area contributed by atoms with E-state index in [1.807, 2.05) is 45.0 Å². The van der Waals surface area contributed by atoms with E-state index in [2.05, 4.69) is 20.7 Å². The number of carbonyl (C=O) groups is 1. The summed E-state index contributed by atoms with van der Waals surface area (Å²) in [4.78, 5) is 11.2. The molecule has 0 radical (unpaired) electrons. The number of carboxylic acid groups (broad SMARTS) is 1. The van der Waals surface area contributed by atoms with Crippen LogP contribution in [0.5, 0.6) is 0 Å². The number of nitrogens with one attached hydrogen (secondary N) is 1. The van der Waals surface area contributed by atoms with Crippen molar-refractivity contribution in [2.24, 2.45) is 0 Å². The van der Waals surface area contributed by atoms with Crippen LogP contribution in [-0.4, -0.2) is 20.4 Å². The Kier molecular flexibility index (Phi) is 5.66. The summed E-state index contributed by atoms with van der Waals surface area (Å²) in [5, 5.41) is 9.14. The van der Waals surface area contributed by atoms with Gasteiger partial charge in [0.15, 0.2) is 0 Å². The molecule has 1 aromatic carbocycles. The monoisotopic (exact) mass is 361 g/mol. The third kappa shape index (κ3) is 4.77. The van der Waals surface area contributed by atoms with Crippen LogP contribution in [0.25, 0.3) is 0 Å². The molecule has 0 saturated carbocycles. The Bertz CT molecular complexity index is 490. The maximum atomic E-state index is 12.3. The Morgan fingerprint density at radius 1 is 1.40 bits per heavy atom. The molecule has 0 spiro atoms. The Hall–Kier alpha value is -0.560. The largest absolute Gasteiger partial charge is 0.598 e. The first-order valence-electron chi connectivity index (χ1n) is 6.22. The lowest BCUT2D eigenvalue weighted by Gasteiger charge is -2.34. The van der Waals surface area contributed by atoms with Crippen LogP contribution in [0.2, 0.25) is 0 Å². The number of rotatable bonds is 5. The highest BCUT2D eigenvalue weighted by Gasteiger charge is 2.38. The Morgan fingerprint density at radius 3 is 2.45 bits per heavy atom. The lowest BCUT2D eigenvalue weighted by molar-refractivity contribution is -0.138. The molecule has 0 heterocycles. The molecule has 0 aliphatic heterocycles. The van der Waals surface area contributed by atoms with Gasteiger partial charge >= 0.3 is 5.97 Å². The minimum atomic E-state index is -1.36. The van der Waals surface area contributed by atoms with Crippen molar-refractivity contribution in [3.05, 3.63) is 34.3 Å². The average molecular weight is 362 g/mol. The molecule has 0 bridgehead atoms. The standard InChI is InChI=1S/C14H20BrNO3S/c1-13(2,3)20(19)16-14(4,9-12(17)18)10-6-5-7-11(15)8-10/h5-8,16H,9H2,1-4H3,(H,17,18)/t14?,20-/m1/s1. The molecular weight excluding hydrogens is 342 g/mol. The molecule has 20 heavy (non-hydrogen) atoms. The van der Waals surface area contributed by atoms with Crippen molar-refractivity contribution in [2.45, 2.75) is 44.4 Å². The summed E-state index contributed by atoms with van der Waals surface area (Å²) in [6.07, 6.45) is -0.148. The molecule has 6 heteroatoms. The number of hydrogen-bond donors (Lipinski definition) is 2. The van der Waals surface area contributed by atoms with Gasteiger partial charge < -0.3 is 9.66 Å². The lowest BCUT2D eigenvalue weighted by atomic mass is 9.90. The van der Waals surface area contributed by atoms with E-state index in [9.17, 15) is 9.35 Å². The molecule has 0 saturated heterocycles. The zero-order valence-electron chi connectivity index (χ0n) is 12.1. The van der Waals surface area contributed by atoms with Crippen molar-refractivity contribution in [1.29, 1.82) is 0 Å². The van der Waals surface area contributed by atoms with Gasteiger partial charge in [-0.05, 0) is 45.4 Å². The molecule has 0 amide bonds. The molecule has 1 unspecified atom stereocenters. The van der Waals surface area contributed by atoms with Crippen molar-refractivity contribution in [3.63, 3.8) is 0 Å². The first kappa shape index (κ1) is 17.5. The van der Waals surface area contributed by atoms with Gasteiger partial charge in [0.1, 0.15) is 4.75 Å². The molecule has 1 aromatic rings. The van der Waals surface area contributed by atoms with Gasteiger partial charge in [-0.3, -0.25) is 4.79 Å². The summed E-state index contributed by atoms with van der Waals surface area (Å²) in [6.45, 7) is 7.29. The fourth-order valence-electron chi connectivity index (χ4n) is 1.69. The van der Waals surface area contributed by atoms with Crippen LogP contribution in [0.3, 0.4) is 0 Å². The van der Waals surface area contributed by atoms with E-state index >= 15 is 0 Å². The van der Waals surface area contributed by atoms with Gasteiger partial charge in [0, 0.05) is 15.8 Å².